The summed E-state index contributed by atoms with van der Waals surface area (Å²) in [6, 6.07) is 4.68. The van der Waals surface area contributed by atoms with E-state index in [0.29, 0.717) is 20.5 Å². The van der Waals surface area contributed by atoms with Crippen LogP contribution in [0.3, 0.4) is 0 Å². The second kappa shape index (κ2) is 6.19. The minimum absolute atomic E-state index is 0.117. The van der Waals surface area contributed by atoms with E-state index in [1.165, 1.54) is 36.5 Å². The lowest BCUT2D eigenvalue weighted by atomic mass is 10.1. The van der Waals surface area contributed by atoms with Gasteiger partial charge in [0, 0.05) is 29.8 Å². The van der Waals surface area contributed by atoms with Crippen molar-refractivity contribution in [2.45, 2.75) is 6.61 Å². The average molecular weight is 310 g/mol. The Morgan fingerprint density at radius 3 is 2.76 bits per heavy atom. The molecule has 2 aromatic rings. The van der Waals surface area contributed by atoms with Crippen molar-refractivity contribution in [2.24, 2.45) is 5.73 Å². The highest BCUT2D eigenvalue weighted by molar-refractivity contribution is 7.21. The van der Waals surface area contributed by atoms with E-state index >= 15 is 0 Å². The summed E-state index contributed by atoms with van der Waals surface area (Å²) in [5, 5.41) is 0.389. The number of amides is 2. The summed E-state index contributed by atoms with van der Waals surface area (Å²) in [7, 11) is 2.95. The Kier molecular flexibility index (Phi) is 4.54. The molecule has 0 unspecified atom stereocenters. The van der Waals surface area contributed by atoms with Gasteiger partial charge in [-0.15, -0.1) is 11.3 Å². The van der Waals surface area contributed by atoms with Gasteiger partial charge in [0.05, 0.1) is 18.0 Å². The number of nitrogens with two attached hydrogens (primary N) is 1. The first-order chi connectivity index (χ1) is 9.95. The van der Waals surface area contributed by atoms with Crippen LogP contribution in [0, 0.1) is 5.82 Å². The lowest BCUT2D eigenvalue weighted by Crippen LogP contribution is -2.35. The molecule has 2 N–H and O–H groups in total. The van der Waals surface area contributed by atoms with Crippen LogP contribution in [0.4, 0.5) is 4.39 Å². The monoisotopic (exact) mass is 310 g/mol. The van der Waals surface area contributed by atoms with E-state index in [-0.39, 0.29) is 19.1 Å². The molecule has 112 valence electrons. The third-order valence-electron chi connectivity index (χ3n) is 2.99. The first-order valence-corrected chi connectivity index (χ1v) is 7.00. The molecule has 1 aromatic carbocycles. The van der Waals surface area contributed by atoms with Gasteiger partial charge in [0.1, 0.15) is 5.82 Å². The predicted octanol–water partition coefficient (Wildman–Crippen LogP) is 1.74. The number of methoxy groups -OCH3 is 1. The lowest BCUT2D eigenvalue weighted by molar-refractivity contribution is -0.118. The molecule has 0 aliphatic rings. The fraction of sp³-hybridized carbons (Fsp3) is 0.286. The van der Waals surface area contributed by atoms with Gasteiger partial charge in [-0.25, -0.2) is 4.39 Å². The normalized spacial score (nSPS) is 10.8. The van der Waals surface area contributed by atoms with E-state index in [2.05, 4.69) is 0 Å². The van der Waals surface area contributed by atoms with Gasteiger partial charge in [0.2, 0.25) is 5.91 Å². The van der Waals surface area contributed by atoms with Gasteiger partial charge in [-0.3, -0.25) is 9.59 Å². The molecule has 0 saturated carbocycles. The Hall–Kier alpha value is -1.99. The van der Waals surface area contributed by atoms with Gasteiger partial charge in [-0.05, 0) is 12.1 Å². The average Bonchev–Trinajstić information content (AvgIpc) is 2.78. The number of fused-ring (bicyclic) bond motifs is 1. The molecule has 0 aliphatic carbocycles. The third kappa shape index (κ3) is 3.03. The number of ether oxygens (including phenoxy) is 1. The summed E-state index contributed by atoms with van der Waals surface area (Å²) in [4.78, 5) is 24.9. The number of rotatable bonds is 5. The summed E-state index contributed by atoms with van der Waals surface area (Å²) >= 11 is 1.18. The van der Waals surface area contributed by atoms with Crippen LogP contribution in [0.15, 0.2) is 18.2 Å². The number of primary amides is 1. The molecule has 0 radical (unpaired) electrons. The number of benzene rings is 1. The maximum Gasteiger partial charge on any atom is 0.264 e. The summed E-state index contributed by atoms with van der Waals surface area (Å²) < 4.78 is 19.8. The summed E-state index contributed by atoms with van der Waals surface area (Å²) in [6.45, 7) is -0.0750. The van der Waals surface area contributed by atoms with Gasteiger partial charge in [-0.2, -0.15) is 0 Å². The molecular formula is C14H15FN2O3S. The number of carbonyl (C=O) groups excluding carboxylic acids is 2. The number of carbonyl (C=O) groups is 2. The van der Waals surface area contributed by atoms with Crippen molar-refractivity contribution in [3.8, 4) is 0 Å². The van der Waals surface area contributed by atoms with Gasteiger partial charge in [-0.1, -0.05) is 6.07 Å². The van der Waals surface area contributed by atoms with Crippen LogP contribution < -0.4 is 5.73 Å². The largest absolute Gasteiger partial charge is 0.380 e. The predicted molar refractivity (Wildman–Crippen MR) is 78.7 cm³/mol. The van der Waals surface area contributed by atoms with Crippen LogP contribution in [0.1, 0.15) is 15.2 Å². The second-order valence-corrected chi connectivity index (χ2v) is 5.64. The second-order valence-electron chi connectivity index (χ2n) is 4.58. The molecule has 0 bridgehead atoms. The van der Waals surface area contributed by atoms with Crippen LogP contribution in [0.25, 0.3) is 10.1 Å². The van der Waals surface area contributed by atoms with Crippen LogP contribution in [-0.4, -0.2) is 37.4 Å². The van der Waals surface area contributed by atoms with Crippen molar-refractivity contribution < 1.29 is 18.7 Å². The third-order valence-corrected chi connectivity index (χ3v) is 4.17. The molecule has 1 aromatic heterocycles. The van der Waals surface area contributed by atoms with E-state index in [0.717, 1.165) is 0 Å². The number of hydrogen-bond donors (Lipinski definition) is 1. The van der Waals surface area contributed by atoms with Gasteiger partial charge < -0.3 is 15.4 Å². The van der Waals surface area contributed by atoms with Crippen molar-refractivity contribution in [1.29, 1.82) is 0 Å². The molecular weight excluding hydrogens is 295 g/mol. The molecule has 2 rings (SSSR count). The van der Waals surface area contributed by atoms with E-state index in [1.807, 2.05) is 0 Å². The molecule has 0 aliphatic heterocycles. The van der Waals surface area contributed by atoms with Crippen LogP contribution in [0.2, 0.25) is 0 Å². The van der Waals surface area contributed by atoms with Crippen molar-refractivity contribution in [3.05, 3.63) is 34.5 Å². The Morgan fingerprint density at radius 2 is 2.14 bits per heavy atom. The molecule has 0 atom stereocenters. The van der Waals surface area contributed by atoms with Crippen molar-refractivity contribution in [1.82, 2.24) is 4.90 Å². The summed E-state index contributed by atoms with van der Waals surface area (Å²) in [5.41, 5.74) is 5.59. The first kappa shape index (κ1) is 15.4. The molecule has 5 nitrogen and oxygen atoms in total. The van der Waals surface area contributed by atoms with E-state index in [1.54, 1.807) is 12.1 Å². The number of thiophene rings is 1. The Bertz CT molecular complexity index is 699. The topological polar surface area (TPSA) is 72.6 Å². The lowest BCUT2D eigenvalue weighted by Gasteiger charge is -2.15. The molecule has 21 heavy (non-hydrogen) atoms. The fourth-order valence-electron chi connectivity index (χ4n) is 2.10. The Balaban J connectivity index is 2.52. The van der Waals surface area contributed by atoms with Crippen molar-refractivity contribution in [3.63, 3.8) is 0 Å². The van der Waals surface area contributed by atoms with E-state index in [4.69, 9.17) is 10.5 Å². The molecule has 2 amide bonds. The molecule has 0 fully saturated rings. The van der Waals surface area contributed by atoms with Gasteiger partial charge in [0.15, 0.2) is 0 Å². The number of halogens is 1. The summed E-state index contributed by atoms with van der Waals surface area (Å²) in [6.07, 6.45) is 0. The minimum atomic E-state index is -0.605. The van der Waals surface area contributed by atoms with Crippen LogP contribution >= 0.6 is 11.3 Å². The number of hydrogen-bond acceptors (Lipinski definition) is 4. The molecule has 0 saturated heterocycles. The highest BCUT2D eigenvalue weighted by Gasteiger charge is 2.23. The standard InChI is InChI=1S/C14H15FN2O3S/c1-17(6-11(16)18)14(19)13-8(7-20-2)12-9(15)4-3-5-10(12)21-13/h3-5H,6-7H2,1-2H3,(H2,16,18). The van der Waals surface area contributed by atoms with Gasteiger partial charge in [0.25, 0.3) is 5.91 Å². The SMILES string of the molecule is COCc1c(C(=O)N(C)CC(N)=O)sc2cccc(F)c12. The zero-order valence-corrected chi connectivity index (χ0v) is 12.5. The smallest absolute Gasteiger partial charge is 0.264 e. The highest BCUT2D eigenvalue weighted by atomic mass is 32.1. The maximum absolute atomic E-state index is 14.0. The quantitative estimate of drug-likeness (QED) is 0.914. The van der Waals surface area contributed by atoms with Crippen molar-refractivity contribution in [2.75, 3.05) is 20.7 Å². The minimum Gasteiger partial charge on any atom is -0.380 e. The number of nitrogens with zero attached hydrogens (tertiary/aromatic N) is 1. The zero-order chi connectivity index (χ0) is 15.6. The molecule has 1 heterocycles. The maximum atomic E-state index is 14.0. The van der Waals surface area contributed by atoms with Crippen LogP contribution in [-0.2, 0) is 16.1 Å². The molecule has 0 spiro atoms. The van der Waals surface area contributed by atoms with Crippen LogP contribution in [0.5, 0.6) is 0 Å². The number of likely N-dealkylation sites (N-methyl/N-ethyl adjacent to an activating group) is 1. The highest BCUT2D eigenvalue weighted by Crippen LogP contribution is 2.34. The fourth-order valence-corrected chi connectivity index (χ4v) is 3.32. The Labute approximate surface area is 125 Å². The van der Waals surface area contributed by atoms with E-state index < -0.39 is 11.7 Å². The molecule has 7 heteroatoms. The summed E-state index contributed by atoms with van der Waals surface area (Å²) in [5.74, 6) is -1.37. The first-order valence-electron chi connectivity index (χ1n) is 6.18. The van der Waals surface area contributed by atoms with Gasteiger partial charge >= 0.3 is 0 Å². The van der Waals surface area contributed by atoms with E-state index in [9.17, 15) is 14.0 Å². The Morgan fingerprint density at radius 1 is 1.43 bits per heavy atom. The zero-order valence-electron chi connectivity index (χ0n) is 11.7. The van der Waals surface area contributed by atoms with Crippen molar-refractivity contribution >= 4 is 33.2 Å².